The first-order chi connectivity index (χ1) is 11.7. The lowest BCUT2D eigenvalue weighted by molar-refractivity contribution is 0.0935. The van der Waals surface area contributed by atoms with E-state index in [4.69, 9.17) is 4.74 Å². The molecule has 24 heavy (non-hydrogen) atoms. The number of amides is 1. The predicted molar refractivity (Wildman–Crippen MR) is 92.9 cm³/mol. The van der Waals surface area contributed by atoms with E-state index in [2.05, 4.69) is 15.5 Å². The van der Waals surface area contributed by atoms with Crippen LogP contribution in [0.2, 0.25) is 0 Å². The van der Waals surface area contributed by atoms with E-state index in [1.807, 2.05) is 61.5 Å². The number of methoxy groups -OCH3 is 1. The number of nitrogens with one attached hydrogen (secondary N) is 2. The first kappa shape index (κ1) is 15.8. The van der Waals surface area contributed by atoms with Gasteiger partial charge in [-0.05, 0) is 30.7 Å². The van der Waals surface area contributed by atoms with Crippen LogP contribution in [0.1, 0.15) is 29.0 Å². The van der Waals surface area contributed by atoms with Crippen LogP contribution in [0.25, 0.3) is 11.3 Å². The molecule has 122 valence electrons. The molecule has 1 atom stereocenters. The van der Waals surface area contributed by atoms with Crippen LogP contribution in [0, 0.1) is 0 Å². The molecule has 1 heterocycles. The molecule has 1 unspecified atom stereocenters. The lowest BCUT2D eigenvalue weighted by Gasteiger charge is -2.13. The number of aromatic nitrogens is 2. The molecular formula is C19H19N3O2. The molecule has 1 amide bonds. The average molecular weight is 321 g/mol. The zero-order chi connectivity index (χ0) is 16.9. The molecule has 0 fully saturated rings. The number of H-pyrrole nitrogens is 1. The lowest BCUT2D eigenvalue weighted by atomic mass is 10.1. The normalized spacial score (nSPS) is 11.8. The highest BCUT2D eigenvalue weighted by atomic mass is 16.5. The van der Waals surface area contributed by atoms with Gasteiger partial charge in [0.15, 0.2) is 0 Å². The zero-order valence-electron chi connectivity index (χ0n) is 13.6. The number of aromatic amines is 1. The molecule has 0 saturated carbocycles. The van der Waals surface area contributed by atoms with Crippen LogP contribution in [0.4, 0.5) is 0 Å². The van der Waals surface area contributed by atoms with E-state index >= 15 is 0 Å². The summed E-state index contributed by atoms with van der Waals surface area (Å²) in [6.07, 6.45) is 0. The molecule has 0 aliphatic heterocycles. The van der Waals surface area contributed by atoms with Gasteiger partial charge >= 0.3 is 0 Å². The zero-order valence-corrected chi connectivity index (χ0v) is 13.6. The predicted octanol–water partition coefficient (Wildman–Crippen LogP) is 3.58. The molecule has 1 aromatic heterocycles. The van der Waals surface area contributed by atoms with E-state index in [1.54, 1.807) is 13.2 Å². The van der Waals surface area contributed by atoms with Gasteiger partial charge in [0.2, 0.25) is 0 Å². The Labute approximate surface area is 140 Å². The second-order valence-electron chi connectivity index (χ2n) is 5.50. The number of hydrogen-bond acceptors (Lipinski definition) is 3. The monoisotopic (exact) mass is 321 g/mol. The lowest BCUT2D eigenvalue weighted by Crippen LogP contribution is -2.26. The SMILES string of the molecule is COc1cccc(-c2cc(C(=O)NC(C)c3ccccc3)[nH]n2)c1. The summed E-state index contributed by atoms with van der Waals surface area (Å²) in [5.74, 6) is 0.562. The van der Waals surface area contributed by atoms with Crippen LogP contribution in [-0.2, 0) is 0 Å². The van der Waals surface area contributed by atoms with Gasteiger partial charge in [-0.2, -0.15) is 5.10 Å². The van der Waals surface area contributed by atoms with E-state index in [0.29, 0.717) is 11.4 Å². The van der Waals surface area contributed by atoms with Crippen LogP contribution < -0.4 is 10.1 Å². The third-order valence-electron chi connectivity index (χ3n) is 3.84. The number of benzene rings is 2. The van der Waals surface area contributed by atoms with Crippen molar-refractivity contribution >= 4 is 5.91 Å². The fourth-order valence-electron chi connectivity index (χ4n) is 2.47. The van der Waals surface area contributed by atoms with Crippen molar-refractivity contribution in [3.05, 3.63) is 71.9 Å². The Morgan fingerprint density at radius 2 is 1.92 bits per heavy atom. The van der Waals surface area contributed by atoms with Gasteiger partial charge < -0.3 is 10.1 Å². The van der Waals surface area contributed by atoms with E-state index in [1.165, 1.54) is 0 Å². The number of nitrogens with zero attached hydrogens (tertiary/aromatic N) is 1. The summed E-state index contributed by atoms with van der Waals surface area (Å²) >= 11 is 0. The minimum atomic E-state index is -0.187. The van der Waals surface area contributed by atoms with Crippen LogP contribution in [0.3, 0.4) is 0 Å². The van der Waals surface area contributed by atoms with Crippen LogP contribution in [-0.4, -0.2) is 23.2 Å². The number of hydrogen-bond donors (Lipinski definition) is 2. The molecule has 3 rings (SSSR count). The number of carbonyl (C=O) groups excluding carboxylic acids is 1. The van der Waals surface area contributed by atoms with Crippen molar-refractivity contribution in [1.82, 2.24) is 15.5 Å². The van der Waals surface area contributed by atoms with E-state index in [9.17, 15) is 4.79 Å². The van der Waals surface area contributed by atoms with Gasteiger partial charge in [-0.25, -0.2) is 0 Å². The van der Waals surface area contributed by atoms with Gasteiger partial charge in [-0.1, -0.05) is 42.5 Å². The molecule has 0 aliphatic rings. The van der Waals surface area contributed by atoms with Crippen molar-refractivity contribution in [3.63, 3.8) is 0 Å². The van der Waals surface area contributed by atoms with Crippen LogP contribution >= 0.6 is 0 Å². The maximum atomic E-state index is 12.4. The molecule has 0 bridgehead atoms. The average Bonchev–Trinajstić information content (AvgIpc) is 3.13. The summed E-state index contributed by atoms with van der Waals surface area (Å²) in [7, 11) is 1.62. The molecule has 0 radical (unpaired) electrons. The third kappa shape index (κ3) is 3.46. The molecule has 5 heteroatoms. The van der Waals surface area contributed by atoms with Crippen LogP contribution in [0.5, 0.6) is 5.75 Å². The molecule has 0 aliphatic carbocycles. The summed E-state index contributed by atoms with van der Waals surface area (Å²) in [5.41, 5.74) is 3.07. The minimum absolute atomic E-state index is 0.0812. The minimum Gasteiger partial charge on any atom is -0.497 e. The molecule has 2 N–H and O–H groups in total. The van der Waals surface area contributed by atoms with Gasteiger partial charge in [-0.15, -0.1) is 0 Å². The second kappa shape index (κ2) is 7.00. The summed E-state index contributed by atoms with van der Waals surface area (Å²) < 4.78 is 5.21. The highest BCUT2D eigenvalue weighted by Gasteiger charge is 2.14. The summed E-state index contributed by atoms with van der Waals surface area (Å²) in [5, 5.41) is 9.98. The highest BCUT2D eigenvalue weighted by molar-refractivity contribution is 5.93. The molecule has 5 nitrogen and oxygen atoms in total. The van der Waals surface area contributed by atoms with Crippen molar-refractivity contribution in [2.75, 3.05) is 7.11 Å². The van der Waals surface area contributed by atoms with Crippen LogP contribution in [0.15, 0.2) is 60.7 Å². The van der Waals surface area contributed by atoms with E-state index in [-0.39, 0.29) is 11.9 Å². The summed E-state index contributed by atoms with van der Waals surface area (Å²) in [6.45, 7) is 1.95. The topological polar surface area (TPSA) is 67.0 Å². The van der Waals surface area contributed by atoms with Gasteiger partial charge in [0, 0.05) is 5.56 Å². The van der Waals surface area contributed by atoms with Gasteiger partial charge in [-0.3, -0.25) is 9.89 Å². The fourth-order valence-corrected chi connectivity index (χ4v) is 2.47. The Hall–Kier alpha value is -3.08. The summed E-state index contributed by atoms with van der Waals surface area (Å²) in [4.78, 5) is 12.4. The fraction of sp³-hybridized carbons (Fsp3) is 0.158. The Morgan fingerprint density at radius 3 is 2.67 bits per heavy atom. The van der Waals surface area contributed by atoms with Gasteiger partial charge in [0.25, 0.3) is 5.91 Å². The van der Waals surface area contributed by atoms with Crippen molar-refractivity contribution in [1.29, 1.82) is 0 Å². The maximum Gasteiger partial charge on any atom is 0.269 e. The van der Waals surface area contributed by atoms with E-state index < -0.39 is 0 Å². The largest absolute Gasteiger partial charge is 0.497 e. The van der Waals surface area contributed by atoms with Crippen molar-refractivity contribution in [2.45, 2.75) is 13.0 Å². The Bertz CT molecular complexity index is 827. The van der Waals surface area contributed by atoms with Crippen molar-refractivity contribution in [3.8, 4) is 17.0 Å². The molecular weight excluding hydrogens is 302 g/mol. The highest BCUT2D eigenvalue weighted by Crippen LogP contribution is 2.22. The Kier molecular flexibility index (Phi) is 4.61. The first-order valence-corrected chi connectivity index (χ1v) is 7.73. The quantitative estimate of drug-likeness (QED) is 0.755. The maximum absolute atomic E-state index is 12.4. The first-order valence-electron chi connectivity index (χ1n) is 7.73. The van der Waals surface area contributed by atoms with Gasteiger partial charge in [0.05, 0.1) is 18.8 Å². The standard InChI is InChI=1S/C19H19N3O2/c1-13(14-7-4-3-5-8-14)20-19(23)18-12-17(21-22-18)15-9-6-10-16(11-15)24-2/h3-13H,1-2H3,(H,20,23)(H,21,22). The number of ether oxygens (including phenoxy) is 1. The van der Waals surface area contributed by atoms with Gasteiger partial charge in [0.1, 0.15) is 11.4 Å². The third-order valence-corrected chi connectivity index (χ3v) is 3.84. The number of rotatable bonds is 5. The Balaban J connectivity index is 1.74. The summed E-state index contributed by atoms with van der Waals surface area (Å²) in [6, 6.07) is 19.0. The molecule has 0 spiro atoms. The molecule has 2 aromatic carbocycles. The molecule has 3 aromatic rings. The van der Waals surface area contributed by atoms with Crippen molar-refractivity contribution < 1.29 is 9.53 Å². The number of carbonyl (C=O) groups is 1. The Morgan fingerprint density at radius 1 is 1.12 bits per heavy atom. The molecule has 0 saturated heterocycles. The smallest absolute Gasteiger partial charge is 0.269 e. The second-order valence-corrected chi connectivity index (χ2v) is 5.50. The van der Waals surface area contributed by atoms with Crippen molar-refractivity contribution in [2.24, 2.45) is 0 Å². The van der Waals surface area contributed by atoms with E-state index in [0.717, 1.165) is 16.9 Å².